The van der Waals surface area contributed by atoms with Gasteiger partial charge in [0.2, 0.25) is 0 Å². The molecule has 1 rings (SSSR count). The lowest BCUT2D eigenvalue weighted by atomic mass is 9.89. The van der Waals surface area contributed by atoms with Crippen molar-refractivity contribution in [1.29, 1.82) is 0 Å². The molecule has 0 aromatic carbocycles. The van der Waals surface area contributed by atoms with Crippen molar-refractivity contribution in [3.05, 3.63) is 25.3 Å². The zero-order valence-corrected chi connectivity index (χ0v) is 15.5. The lowest BCUT2D eigenvalue weighted by Crippen LogP contribution is -3.00. The van der Waals surface area contributed by atoms with E-state index >= 15 is 0 Å². The van der Waals surface area contributed by atoms with E-state index < -0.39 is 64.8 Å². The molecule has 0 saturated heterocycles. The zero-order valence-electron chi connectivity index (χ0n) is 14.7. The maximum absolute atomic E-state index is 14.5. The summed E-state index contributed by atoms with van der Waals surface area (Å²) in [7, 11) is 0. The molecule has 1 unspecified atom stereocenters. The number of hydrogen-bond donors (Lipinski definition) is 0. The van der Waals surface area contributed by atoms with Gasteiger partial charge < -0.3 is 12.4 Å². The van der Waals surface area contributed by atoms with E-state index in [0.29, 0.717) is 6.20 Å². The van der Waals surface area contributed by atoms with Crippen molar-refractivity contribution < 1.29 is 91.6 Å². The maximum atomic E-state index is 14.5. The van der Waals surface area contributed by atoms with E-state index in [9.17, 15) is 74.6 Å². The fourth-order valence-corrected chi connectivity index (χ4v) is 2.12. The Morgan fingerprint density at radius 2 is 0.939 bits per heavy atom. The summed E-state index contributed by atoms with van der Waals surface area (Å²) in [6.07, 6.45) is -15.4. The van der Waals surface area contributed by atoms with E-state index in [2.05, 4.69) is 6.58 Å². The molecule has 0 aliphatic carbocycles. The Bertz CT molecular complexity index is 852. The molecule has 1 heterocycles. The molecule has 0 amide bonds. The maximum Gasteiger partial charge on any atom is 0.471 e. The van der Waals surface area contributed by atoms with Crippen LogP contribution in [-0.4, -0.2) is 46.5 Å². The molecule has 20 heteroatoms. The number of rotatable bonds is 7. The van der Waals surface area contributed by atoms with Gasteiger partial charge in [-0.3, -0.25) is 0 Å². The van der Waals surface area contributed by atoms with Gasteiger partial charge in [-0.2, -0.15) is 79.2 Å². The van der Waals surface area contributed by atoms with Crippen LogP contribution in [0.25, 0.3) is 6.20 Å². The summed E-state index contributed by atoms with van der Waals surface area (Å²) in [6.45, 7) is 2.82. The van der Waals surface area contributed by atoms with Crippen LogP contribution in [0, 0.1) is 0 Å². The number of nitrogens with zero attached hydrogens (tertiary/aromatic N) is 2. The summed E-state index contributed by atoms with van der Waals surface area (Å²) >= 11 is 0. The van der Waals surface area contributed by atoms with E-state index in [4.69, 9.17) is 0 Å². The fourth-order valence-electron chi connectivity index (χ4n) is 2.12. The van der Waals surface area contributed by atoms with E-state index in [0.717, 1.165) is 0 Å². The molecule has 0 spiro atoms. The zero-order chi connectivity index (χ0) is 26.0. The summed E-state index contributed by atoms with van der Waals surface area (Å²) in [6, 6.07) is 0. The van der Waals surface area contributed by atoms with Crippen LogP contribution in [0.1, 0.15) is 0 Å². The fraction of sp³-hybridized carbons (Fsp3) is 0.615. The monoisotopic (exact) mass is 548 g/mol. The van der Waals surface area contributed by atoms with E-state index in [1.807, 2.05) is 0 Å². The Kier molecular flexibility index (Phi) is 7.60. The Labute approximate surface area is 176 Å². The van der Waals surface area contributed by atoms with Crippen LogP contribution in [0.2, 0.25) is 0 Å². The van der Waals surface area contributed by atoms with Crippen LogP contribution in [0.4, 0.5) is 74.6 Å². The van der Waals surface area contributed by atoms with Crippen molar-refractivity contribution in [1.82, 2.24) is 4.57 Å². The molecule has 33 heavy (non-hydrogen) atoms. The second-order valence-electron chi connectivity index (χ2n) is 5.94. The molecule has 0 fully saturated rings. The first-order chi connectivity index (χ1) is 13.8. The van der Waals surface area contributed by atoms with Crippen molar-refractivity contribution in [2.24, 2.45) is 0 Å². The second-order valence-corrected chi connectivity index (χ2v) is 5.94. The van der Waals surface area contributed by atoms with Crippen LogP contribution in [0.3, 0.4) is 0 Å². The Morgan fingerprint density at radius 1 is 0.576 bits per heavy atom. The highest BCUT2D eigenvalue weighted by atomic mass is 35.5. The van der Waals surface area contributed by atoms with Crippen LogP contribution >= 0.6 is 0 Å². The highest BCUT2D eigenvalue weighted by molar-refractivity contribution is 5.15. The third-order valence-electron chi connectivity index (χ3n) is 3.95. The quantitative estimate of drug-likeness (QED) is 0.366. The summed E-state index contributed by atoms with van der Waals surface area (Å²) in [5.41, 5.74) is 0. The minimum absolute atomic E-state index is 0. The Balaban J connectivity index is 0.0000102. The number of imidazole rings is 1. The number of alkyl halides is 17. The van der Waals surface area contributed by atoms with Crippen LogP contribution in [0.15, 0.2) is 25.3 Å². The molecule has 0 aliphatic rings. The van der Waals surface area contributed by atoms with Gasteiger partial charge in [0, 0.05) is 0 Å². The number of aromatic nitrogens is 2. The van der Waals surface area contributed by atoms with E-state index in [1.165, 1.54) is 0 Å². The SMILES string of the molecule is C=Cn1cc[n+](C(F)(C(F)(F)F)C(F)(F)C(F)(F)C(F)(F)C(F)(F)C(F)(F)C(F)(F)F)c1.[Cl-]. The largest absolute Gasteiger partial charge is 1.00 e. The first-order valence-corrected chi connectivity index (χ1v) is 7.22. The van der Waals surface area contributed by atoms with Crippen LogP contribution in [0.5, 0.6) is 0 Å². The molecule has 2 nitrogen and oxygen atoms in total. The van der Waals surface area contributed by atoms with Gasteiger partial charge in [0.25, 0.3) is 6.33 Å². The third-order valence-corrected chi connectivity index (χ3v) is 3.95. The molecule has 194 valence electrons. The van der Waals surface area contributed by atoms with E-state index in [1.54, 1.807) is 0 Å². The van der Waals surface area contributed by atoms with Crippen LogP contribution in [-0.2, 0) is 5.79 Å². The minimum Gasteiger partial charge on any atom is -1.00 e. The van der Waals surface area contributed by atoms with Gasteiger partial charge in [-0.15, -0.1) is 0 Å². The molecule has 1 aromatic rings. The highest BCUT2D eigenvalue weighted by Gasteiger charge is 2.96. The predicted molar refractivity (Wildman–Crippen MR) is 66.9 cm³/mol. The molecule has 0 N–H and O–H groups in total. The molecule has 1 atom stereocenters. The topological polar surface area (TPSA) is 8.81 Å². The van der Waals surface area contributed by atoms with Gasteiger partial charge >= 0.3 is 47.8 Å². The Morgan fingerprint density at radius 3 is 1.24 bits per heavy atom. The summed E-state index contributed by atoms with van der Waals surface area (Å²) in [4.78, 5) is 0. The normalized spacial score (nSPS) is 16.8. The molecular formula is C13H6ClF17N2. The van der Waals surface area contributed by atoms with Gasteiger partial charge in [0.05, 0.1) is 6.20 Å². The summed E-state index contributed by atoms with van der Waals surface area (Å²) in [5.74, 6) is -48.9. The van der Waals surface area contributed by atoms with Crippen molar-refractivity contribution in [3.63, 3.8) is 0 Å². The van der Waals surface area contributed by atoms with Crippen molar-refractivity contribution in [2.75, 3.05) is 0 Å². The highest BCUT2D eigenvalue weighted by Crippen LogP contribution is 2.63. The molecule has 0 radical (unpaired) electrons. The average Bonchev–Trinajstić information content (AvgIpc) is 3.07. The minimum atomic E-state index is -8.59. The van der Waals surface area contributed by atoms with Gasteiger partial charge in [-0.1, -0.05) is 6.58 Å². The molecule has 1 aromatic heterocycles. The van der Waals surface area contributed by atoms with Crippen molar-refractivity contribution >= 4 is 6.20 Å². The first kappa shape index (κ1) is 31.0. The lowest BCUT2D eigenvalue weighted by molar-refractivity contribution is -0.845. The lowest BCUT2D eigenvalue weighted by Gasteiger charge is -2.42. The molecule has 0 aliphatic heterocycles. The molecule has 0 saturated carbocycles. The average molecular weight is 549 g/mol. The molecular weight excluding hydrogens is 543 g/mol. The third kappa shape index (κ3) is 3.88. The molecule has 0 bridgehead atoms. The first-order valence-electron chi connectivity index (χ1n) is 7.22. The second kappa shape index (κ2) is 8.07. The van der Waals surface area contributed by atoms with Gasteiger partial charge in [-0.25, -0.2) is 4.57 Å². The smallest absolute Gasteiger partial charge is 0.471 e. The van der Waals surface area contributed by atoms with Gasteiger partial charge in [-0.05, 0) is 0 Å². The van der Waals surface area contributed by atoms with Crippen LogP contribution < -0.4 is 17.0 Å². The number of halogens is 18. The standard InChI is InChI=1S/C13H6F17N2.ClH/c1-2-31-3-4-32(5-31)11(24,13(28,29)30)9(20,21)7(16,17)6(14,15)8(18,19)10(22,23)12(25,26)27;/h2-5H,1H2;1H/q+1;/p-1. The van der Waals surface area contributed by atoms with E-state index in [-0.39, 0.29) is 23.2 Å². The van der Waals surface area contributed by atoms with Gasteiger partial charge in [0.1, 0.15) is 12.4 Å². The Hall–Kier alpha value is -1.95. The summed E-state index contributed by atoms with van der Waals surface area (Å²) < 4.78 is 223. The number of hydrogen-bond acceptors (Lipinski definition) is 0. The summed E-state index contributed by atoms with van der Waals surface area (Å²) in [5, 5.41) is 0. The predicted octanol–water partition coefficient (Wildman–Crippen LogP) is 2.80. The van der Waals surface area contributed by atoms with Crippen molar-refractivity contribution in [3.8, 4) is 0 Å². The van der Waals surface area contributed by atoms with Gasteiger partial charge in [0.15, 0.2) is 0 Å². The van der Waals surface area contributed by atoms with Crippen molar-refractivity contribution in [2.45, 2.75) is 47.8 Å².